The number of hydrogen-bond acceptors (Lipinski definition) is 3. The molecule has 35 heavy (non-hydrogen) atoms. The zero-order valence-corrected chi connectivity index (χ0v) is 19.8. The molecule has 3 aromatic carbocycles. The zero-order chi connectivity index (χ0) is 24.2. The lowest BCUT2D eigenvalue weighted by atomic mass is 9.98. The van der Waals surface area contributed by atoms with Crippen molar-refractivity contribution in [2.45, 2.75) is 19.0 Å². The molecule has 178 valence electrons. The zero-order valence-electron chi connectivity index (χ0n) is 19.8. The van der Waals surface area contributed by atoms with Crippen molar-refractivity contribution in [1.82, 2.24) is 14.8 Å². The molecule has 6 heteroatoms. The molecule has 0 saturated carbocycles. The van der Waals surface area contributed by atoms with Gasteiger partial charge >= 0.3 is 0 Å². The number of hydrogen-bond donors (Lipinski definition) is 1. The van der Waals surface area contributed by atoms with Gasteiger partial charge in [-0.3, -0.25) is 9.59 Å². The maximum absolute atomic E-state index is 13.1. The van der Waals surface area contributed by atoms with Crippen molar-refractivity contribution in [2.24, 2.45) is 0 Å². The third kappa shape index (κ3) is 4.84. The van der Waals surface area contributed by atoms with Crippen LogP contribution in [0.15, 0.2) is 85.1 Å². The summed E-state index contributed by atoms with van der Waals surface area (Å²) in [5.74, 6) is -0.0915. The van der Waals surface area contributed by atoms with Crippen LogP contribution in [-0.2, 0) is 17.8 Å². The van der Waals surface area contributed by atoms with E-state index < -0.39 is 0 Å². The van der Waals surface area contributed by atoms with Gasteiger partial charge in [-0.15, -0.1) is 0 Å². The topological polar surface area (TPSA) is 63.6 Å². The summed E-state index contributed by atoms with van der Waals surface area (Å²) >= 11 is 0. The highest BCUT2D eigenvalue weighted by atomic mass is 16.5. The Balaban J connectivity index is 1.31. The van der Waals surface area contributed by atoms with Gasteiger partial charge in [0.25, 0.3) is 11.8 Å². The second kappa shape index (κ2) is 10.2. The molecule has 4 aromatic rings. The smallest absolute Gasteiger partial charge is 0.254 e. The summed E-state index contributed by atoms with van der Waals surface area (Å²) in [7, 11) is 1.68. The van der Waals surface area contributed by atoms with Crippen molar-refractivity contribution in [3.63, 3.8) is 0 Å². The van der Waals surface area contributed by atoms with Crippen molar-refractivity contribution >= 4 is 22.7 Å². The molecule has 5 rings (SSSR count). The maximum Gasteiger partial charge on any atom is 0.254 e. The lowest BCUT2D eigenvalue weighted by Crippen LogP contribution is -2.36. The van der Waals surface area contributed by atoms with E-state index in [2.05, 4.69) is 22.0 Å². The van der Waals surface area contributed by atoms with Crippen molar-refractivity contribution in [3.05, 3.63) is 107 Å². The summed E-state index contributed by atoms with van der Waals surface area (Å²) in [4.78, 5) is 28.0. The first-order valence-corrected chi connectivity index (χ1v) is 11.9. The Labute approximate surface area is 205 Å². The Morgan fingerprint density at radius 3 is 2.63 bits per heavy atom. The molecule has 0 spiro atoms. The summed E-state index contributed by atoms with van der Waals surface area (Å²) in [5, 5.41) is 4.21. The van der Waals surface area contributed by atoms with E-state index in [0.29, 0.717) is 31.8 Å². The number of fused-ring (bicyclic) bond motifs is 2. The Hall–Kier alpha value is -3.90. The van der Waals surface area contributed by atoms with Crippen molar-refractivity contribution in [2.75, 3.05) is 26.8 Å². The van der Waals surface area contributed by atoms with Gasteiger partial charge in [0.2, 0.25) is 0 Å². The number of methoxy groups -OCH3 is 1. The molecule has 2 amide bonds. The number of nitrogens with zero attached hydrogens (tertiary/aromatic N) is 2. The molecule has 2 heterocycles. The highest BCUT2D eigenvalue weighted by Gasteiger charge is 2.29. The minimum atomic E-state index is -0.122. The Morgan fingerprint density at radius 2 is 1.83 bits per heavy atom. The van der Waals surface area contributed by atoms with Crippen LogP contribution >= 0.6 is 0 Å². The minimum absolute atomic E-state index is 0.0206. The van der Waals surface area contributed by atoms with Crippen LogP contribution in [0.4, 0.5) is 0 Å². The average Bonchev–Trinajstić information content (AvgIpc) is 3.45. The van der Waals surface area contributed by atoms with E-state index >= 15 is 0 Å². The summed E-state index contributed by atoms with van der Waals surface area (Å²) in [5.41, 5.74) is 4.55. The summed E-state index contributed by atoms with van der Waals surface area (Å²) < 4.78 is 7.30. The van der Waals surface area contributed by atoms with E-state index in [-0.39, 0.29) is 17.7 Å². The Bertz CT molecular complexity index is 1350. The van der Waals surface area contributed by atoms with Gasteiger partial charge in [0.05, 0.1) is 6.61 Å². The molecule has 0 saturated heterocycles. The van der Waals surface area contributed by atoms with E-state index in [1.807, 2.05) is 77.8 Å². The SMILES string of the molecule is COCCn1ccc2ccc(C(=O)NC[C@@H](CN3Cc4ccccc4C3=O)c3ccccc3)cc21. The standard InChI is InChI=1S/C29H29N3O3/c1-35-16-15-31-14-13-22-11-12-23(17-27(22)31)28(33)30-18-25(21-7-3-2-4-8-21)20-32-19-24-9-5-6-10-26(24)29(32)34/h2-14,17,25H,15-16,18-20H2,1H3,(H,30,33)/t25-/m0/s1. The van der Waals surface area contributed by atoms with Crippen LogP contribution in [0.25, 0.3) is 10.9 Å². The highest BCUT2D eigenvalue weighted by molar-refractivity contribution is 5.99. The molecule has 0 radical (unpaired) electrons. The highest BCUT2D eigenvalue weighted by Crippen LogP contribution is 2.26. The van der Waals surface area contributed by atoms with Gasteiger partial charge in [0.15, 0.2) is 0 Å². The van der Waals surface area contributed by atoms with Crippen molar-refractivity contribution < 1.29 is 14.3 Å². The van der Waals surface area contributed by atoms with Gasteiger partial charge in [-0.1, -0.05) is 54.6 Å². The summed E-state index contributed by atoms with van der Waals surface area (Å²) in [6.07, 6.45) is 2.02. The second-order valence-electron chi connectivity index (χ2n) is 8.94. The van der Waals surface area contributed by atoms with E-state index in [9.17, 15) is 9.59 Å². The van der Waals surface area contributed by atoms with Gasteiger partial charge in [-0.25, -0.2) is 0 Å². The van der Waals surface area contributed by atoms with Crippen molar-refractivity contribution in [1.29, 1.82) is 0 Å². The van der Waals surface area contributed by atoms with E-state index in [0.717, 1.165) is 34.1 Å². The summed E-state index contributed by atoms with van der Waals surface area (Å²) in [6.45, 7) is 2.91. The molecule has 6 nitrogen and oxygen atoms in total. The number of carbonyl (C=O) groups excluding carboxylic acids is 2. The molecular weight excluding hydrogens is 438 g/mol. The predicted octanol–water partition coefficient (Wildman–Crippen LogP) is 4.46. The quantitative estimate of drug-likeness (QED) is 0.395. The molecule has 1 aromatic heterocycles. The number of ether oxygens (including phenoxy) is 1. The molecular formula is C29H29N3O3. The van der Waals surface area contributed by atoms with Crippen LogP contribution in [0, 0.1) is 0 Å². The molecule has 0 bridgehead atoms. The van der Waals surface area contributed by atoms with Crippen LogP contribution in [0.5, 0.6) is 0 Å². The third-order valence-electron chi connectivity index (χ3n) is 6.69. The van der Waals surface area contributed by atoms with E-state index in [1.165, 1.54) is 0 Å². The number of aromatic nitrogens is 1. The lowest BCUT2D eigenvalue weighted by molar-refractivity contribution is 0.0767. The van der Waals surface area contributed by atoms with E-state index in [1.54, 1.807) is 7.11 Å². The second-order valence-corrected chi connectivity index (χ2v) is 8.94. The normalized spacial score (nSPS) is 13.7. The molecule has 1 aliphatic rings. The van der Waals surface area contributed by atoms with Crippen molar-refractivity contribution in [3.8, 4) is 0 Å². The van der Waals surface area contributed by atoms with Gasteiger partial charge < -0.3 is 19.5 Å². The Kier molecular flexibility index (Phi) is 6.64. The molecule has 0 fully saturated rings. The fourth-order valence-corrected chi connectivity index (χ4v) is 4.77. The summed E-state index contributed by atoms with van der Waals surface area (Å²) in [6, 6.07) is 25.6. The van der Waals surface area contributed by atoms with Gasteiger partial charge in [-0.05, 0) is 40.8 Å². The van der Waals surface area contributed by atoms with Crippen LogP contribution in [0.1, 0.15) is 37.8 Å². The monoisotopic (exact) mass is 467 g/mol. The molecule has 1 N–H and O–H groups in total. The minimum Gasteiger partial charge on any atom is -0.383 e. The van der Waals surface area contributed by atoms with Gasteiger partial charge in [-0.2, -0.15) is 0 Å². The fourth-order valence-electron chi connectivity index (χ4n) is 4.77. The molecule has 0 aliphatic carbocycles. The number of nitrogens with one attached hydrogen (secondary N) is 1. The van der Waals surface area contributed by atoms with Crippen LogP contribution < -0.4 is 5.32 Å². The van der Waals surface area contributed by atoms with Crippen LogP contribution in [0.2, 0.25) is 0 Å². The number of benzene rings is 3. The number of rotatable bonds is 9. The predicted molar refractivity (Wildman–Crippen MR) is 137 cm³/mol. The van der Waals surface area contributed by atoms with Gasteiger partial charge in [0, 0.05) is 62.0 Å². The largest absolute Gasteiger partial charge is 0.383 e. The number of amides is 2. The fraction of sp³-hybridized carbons (Fsp3) is 0.241. The lowest BCUT2D eigenvalue weighted by Gasteiger charge is -2.24. The first kappa shape index (κ1) is 22.9. The van der Waals surface area contributed by atoms with Gasteiger partial charge in [0.1, 0.15) is 0 Å². The third-order valence-corrected chi connectivity index (χ3v) is 6.69. The van der Waals surface area contributed by atoms with Crippen LogP contribution in [-0.4, -0.2) is 48.1 Å². The molecule has 1 aliphatic heterocycles. The first-order valence-electron chi connectivity index (χ1n) is 11.9. The first-order chi connectivity index (χ1) is 17.1. The Morgan fingerprint density at radius 1 is 1.03 bits per heavy atom. The molecule has 1 atom stereocenters. The van der Waals surface area contributed by atoms with E-state index in [4.69, 9.17) is 4.74 Å². The van der Waals surface area contributed by atoms with Crippen LogP contribution in [0.3, 0.4) is 0 Å². The average molecular weight is 468 g/mol. The maximum atomic E-state index is 13.1. The number of carbonyl (C=O) groups is 2. The molecule has 0 unspecified atom stereocenters.